The normalized spacial score (nSPS) is 37.3. The Kier molecular flexibility index (Phi) is 3.51. The van der Waals surface area contributed by atoms with Gasteiger partial charge in [-0.2, -0.15) is 0 Å². The van der Waals surface area contributed by atoms with E-state index in [0.29, 0.717) is 5.92 Å². The molecule has 3 atom stereocenters. The van der Waals surface area contributed by atoms with Crippen LogP contribution in [0.2, 0.25) is 0 Å². The third-order valence-electron chi connectivity index (χ3n) is 5.57. The second-order valence-electron chi connectivity index (χ2n) is 7.09. The predicted octanol–water partition coefficient (Wildman–Crippen LogP) is 2.22. The quantitative estimate of drug-likeness (QED) is 0.799. The molecule has 4 heteroatoms. The van der Waals surface area contributed by atoms with Crippen molar-refractivity contribution in [2.75, 3.05) is 0 Å². The number of nitrogens with zero attached hydrogens (tertiary/aromatic N) is 1. The molecule has 1 spiro atoms. The predicted molar refractivity (Wildman–Crippen MR) is 77.1 cm³/mol. The molecule has 3 unspecified atom stereocenters. The van der Waals surface area contributed by atoms with Crippen LogP contribution in [0.15, 0.2) is 0 Å². The molecule has 3 rings (SSSR count). The van der Waals surface area contributed by atoms with Crippen LogP contribution in [0.25, 0.3) is 0 Å². The van der Waals surface area contributed by atoms with E-state index >= 15 is 0 Å². The van der Waals surface area contributed by atoms with E-state index in [9.17, 15) is 9.59 Å². The topological polar surface area (TPSA) is 49.4 Å². The second-order valence-corrected chi connectivity index (χ2v) is 7.09. The number of nitrogens with one attached hydrogen (secondary N) is 1. The molecule has 0 aromatic carbocycles. The van der Waals surface area contributed by atoms with Crippen molar-refractivity contribution in [2.24, 2.45) is 5.92 Å². The van der Waals surface area contributed by atoms with Gasteiger partial charge in [0.25, 0.3) is 0 Å². The number of hydrogen-bond donors (Lipinski definition) is 1. The van der Waals surface area contributed by atoms with Crippen LogP contribution in [0, 0.1) is 5.92 Å². The maximum Gasteiger partial charge on any atom is 0.249 e. The van der Waals surface area contributed by atoms with Crippen LogP contribution >= 0.6 is 0 Å². The first-order valence-corrected chi connectivity index (χ1v) is 8.18. The zero-order chi connectivity index (χ0) is 14.3. The molecular weight excluding hydrogens is 252 g/mol. The smallest absolute Gasteiger partial charge is 0.249 e. The minimum atomic E-state index is -0.576. The molecule has 3 fully saturated rings. The van der Waals surface area contributed by atoms with E-state index in [-0.39, 0.29) is 23.9 Å². The monoisotopic (exact) mass is 278 g/mol. The van der Waals surface area contributed by atoms with Crippen molar-refractivity contribution in [3.05, 3.63) is 0 Å². The Hall–Kier alpha value is -1.06. The van der Waals surface area contributed by atoms with Gasteiger partial charge < -0.3 is 10.2 Å². The summed E-state index contributed by atoms with van der Waals surface area (Å²) >= 11 is 0. The zero-order valence-electron chi connectivity index (χ0n) is 12.7. The average molecular weight is 278 g/mol. The lowest BCUT2D eigenvalue weighted by molar-refractivity contribution is -0.158. The van der Waals surface area contributed by atoms with Crippen LogP contribution in [0.1, 0.15) is 65.2 Å². The van der Waals surface area contributed by atoms with Crippen LogP contribution in [0.4, 0.5) is 0 Å². The SMILES string of the molecule is CC1CCC(N2C(=O)C3(CCCCC3)NC(=O)C2C)C1. The summed E-state index contributed by atoms with van der Waals surface area (Å²) in [6, 6.07) is -0.0253. The second kappa shape index (κ2) is 5.05. The highest BCUT2D eigenvalue weighted by molar-refractivity contribution is 5.99. The van der Waals surface area contributed by atoms with Crippen LogP contribution in [0.3, 0.4) is 0 Å². The fourth-order valence-corrected chi connectivity index (χ4v) is 4.35. The molecule has 1 aliphatic heterocycles. The molecule has 3 aliphatic rings. The highest BCUT2D eigenvalue weighted by atomic mass is 16.2. The molecule has 20 heavy (non-hydrogen) atoms. The van der Waals surface area contributed by atoms with Gasteiger partial charge in [-0.05, 0) is 44.9 Å². The largest absolute Gasteiger partial charge is 0.340 e. The van der Waals surface area contributed by atoms with Gasteiger partial charge in [0.15, 0.2) is 0 Å². The van der Waals surface area contributed by atoms with Gasteiger partial charge in [0, 0.05) is 6.04 Å². The Balaban J connectivity index is 1.87. The molecule has 0 radical (unpaired) electrons. The van der Waals surface area contributed by atoms with Crippen molar-refractivity contribution >= 4 is 11.8 Å². The van der Waals surface area contributed by atoms with E-state index in [2.05, 4.69) is 12.2 Å². The summed E-state index contributed by atoms with van der Waals surface area (Å²) < 4.78 is 0. The fourth-order valence-electron chi connectivity index (χ4n) is 4.35. The molecule has 0 aromatic heterocycles. The Labute approximate surface area is 121 Å². The molecule has 0 bridgehead atoms. The summed E-state index contributed by atoms with van der Waals surface area (Å²) in [5, 5.41) is 3.07. The molecule has 112 valence electrons. The summed E-state index contributed by atoms with van der Waals surface area (Å²) in [5.74, 6) is 0.918. The highest BCUT2D eigenvalue weighted by Gasteiger charge is 2.52. The van der Waals surface area contributed by atoms with Crippen LogP contribution in [-0.4, -0.2) is 34.3 Å². The van der Waals surface area contributed by atoms with Crippen molar-refractivity contribution in [1.82, 2.24) is 10.2 Å². The van der Waals surface area contributed by atoms with Gasteiger partial charge in [0.1, 0.15) is 11.6 Å². The van der Waals surface area contributed by atoms with Crippen LogP contribution in [0.5, 0.6) is 0 Å². The number of rotatable bonds is 1. The van der Waals surface area contributed by atoms with Crippen LogP contribution in [-0.2, 0) is 9.59 Å². The summed E-state index contributed by atoms with van der Waals surface area (Å²) in [6.45, 7) is 4.13. The molecule has 1 saturated heterocycles. The van der Waals surface area contributed by atoms with Gasteiger partial charge in [-0.15, -0.1) is 0 Å². The summed E-state index contributed by atoms with van der Waals surface area (Å²) in [6.07, 6.45) is 8.22. The van der Waals surface area contributed by atoms with Gasteiger partial charge in [-0.25, -0.2) is 0 Å². The van der Waals surface area contributed by atoms with E-state index in [1.54, 1.807) is 0 Å². The minimum Gasteiger partial charge on any atom is -0.340 e. The van der Waals surface area contributed by atoms with E-state index < -0.39 is 5.54 Å². The van der Waals surface area contributed by atoms with Crippen molar-refractivity contribution in [3.8, 4) is 0 Å². The van der Waals surface area contributed by atoms with Crippen molar-refractivity contribution < 1.29 is 9.59 Å². The summed E-state index contributed by atoms with van der Waals surface area (Å²) in [4.78, 5) is 27.4. The first-order chi connectivity index (χ1) is 9.53. The Morgan fingerprint density at radius 1 is 1.10 bits per heavy atom. The maximum absolute atomic E-state index is 13.1. The standard InChI is InChI=1S/C16H26N2O2/c1-11-6-7-13(10-11)18-12(2)14(19)17-16(15(18)20)8-4-3-5-9-16/h11-13H,3-10H2,1-2H3,(H,17,19). The van der Waals surface area contributed by atoms with Crippen molar-refractivity contribution in [1.29, 1.82) is 0 Å². The Morgan fingerprint density at radius 3 is 2.40 bits per heavy atom. The number of carbonyl (C=O) groups is 2. The van der Waals surface area contributed by atoms with Crippen molar-refractivity contribution in [2.45, 2.75) is 82.8 Å². The zero-order valence-corrected chi connectivity index (χ0v) is 12.7. The molecule has 2 saturated carbocycles. The first-order valence-electron chi connectivity index (χ1n) is 8.18. The number of piperazine rings is 1. The molecule has 1 N–H and O–H groups in total. The number of hydrogen-bond acceptors (Lipinski definition) is 2. The molecule has 2 aliphatic carbocycles. The summed E-state index contributed by atoms with van der Waals surface area (Å²) in [7, 11) is 0. The lowest BCUT2D eigenvalue weighted by Crippen LogP contribution is -2.71. The first kappa shape index (κ1) is 13.9. The number of amides is 2. The van der Waals surface area contributed by atoms with Gasteiger partial charge in [-0.3, -0.25) is 9.59 Å². The molecule has 4 nitrogen and oxygen atoms in total. The Morgan fingerprint density at radius 2 is 1.80 bits per heavy atom. The molecule has 2 amide bonds. The van der Waals surface area contributed by atoms with Crippen LogP contribution < -0.4 is 5.32 Å². The molecular formula is C16H26N2O2. The lowest BCUT2D eigenvalue weighted by Gasteiger charge is -2.49. The van der Waals surface area contributed by atoms with Gasteiger partial charge >= 0.3 is 0 Å². The summed E-state index contributed by atoms with van der Waals surface area (Å²) in [5.41, 5.74) is -0.576. The minimum absolute atomic E-state index is 0.0473. The number of carbonyl (C=O) groups excluding carboxylic acids is 2. The van der Waals surface area contributed by atoms with Gasteiger partial charge in [0.2, 0.25) is 11.8 Å². The van der Waals surface area contributed by atoms with Crippen molar-refractivity contribution in [3.63, 3.8) is 0 Å². The third-order valence-corrected chi connectivity index (χ3v) is 5.57. The molecule has 1 heterocycles. The van der Waals surface area contributed by atoms with E-state index in [4.69, 9.17) is 0 Å². The maximum atomic E-state index is 13.1. The highest BCUT2D eigenvalue weighted by Crippen LogP contribution is 2.37. The van der Waals surface area contributed by atoms with E-state index in [1.165, 1.54) is 12.8 Å². The van der Waals surface area contributed by atoms with E-state index in [1.807, 2.05) is 11.8 Å². The average Bonchev–Trinajstić information content (AvgIpc) is 2.85. The van der Waals surface area contributed by atoms with Gasteiger partial charge in [0.05, 0.1) is 0 Å². The van der Waals surface area contributed by atoms with E-state index in [0.717, 1.165) is 38.5 Å². The lowest BCUT2D eigenvalue weighted by atomic mass is 9.78. The van der Waals surface area contributed by atoms with Gasteiger partial charge in [-0.1, -0.05) is 26.2 Å². The fraction of sp³-hybridized carbons (Fsp3) is 0.875. The molecule has 0 aromatic rings. The third kappa shape index (κ3) is 2.13. The Bertz CT molecular complexity index is 415.